The summed E-state index contributed by atoms with van der Waals surface area (Å²) in [5.41, 5.74) is 0. The molecule has 0 aromatic carbocycles. The van der Waals surface area contributed by atoms with Crippen molar-refractivity contribution < 1.29 is 23.9 Å². The van der Waals surface area contributed by atoms with E-state index in [2.05, 4.69) is 10.6 Å². The summed E-state index contributed by atoms with van der Waals surface area (Å²) in [5.74, 6) is -1.49. The summed E-state index contributed by atoms with van der Waals surface area (Å²) in [7, 11) is 3.10. The van der Waals surface area contributed by atoms with E-state index in [0.717, 1.165) is 0 Å². The van der Waals surface area contributed by atoms with Crippen molar-refractivity contribution in [3.63, 3.8) is 0 Å². The molecule has 0 unspecified atom stereocenters. The molecule has 0 bridgehead atoms. The third kappa shape index (κ3) is 8.16. The van der Waals surface area contributed by atoms with Gasteiger partial charge in [0, 0.05) is 20.1 Å². The van der Waals surface area contributed by atoms with Crippen LogP contribution in [0, 0.1) is 5.41 Å². The van der Waals surface area contributed by atoms with Gasteiger partial charge in [-0.3, -0.25) is 9.59 Å². The summed E-state index contributed by atoms with van der Waals surface area (Å²) in [6.07, 6.45) is 0.0328. The number of nitrogens with one attached hydrogen (secondary N) is 3. The minimum Gasteiger partial charge on any atom is -0.463 e. The number of rotatable bonds is 11. The first kappa shape index (κ1) is 19.2. The van der Waals surface area contributed by atoms with Crippen molar-refractivity contribution >= 4 is 23.9 Å². The van der Waals surface area contributed by atoms with E-state index >= 15 is 0 Å². The van der Waals surface area contributed by atoms with E-state index in [1.54, 1.807) is 14.0 Å². The molecule has 2 atom stereocenters. The Kier molecular flexibility index (Phi) is 9.99. The molecule has 21 heavy (non-hydrogen) atoms. The van der Waals surface area contributed by atoms with Crippen molar-refractivity contribution in [3.05, 3.63) is 0 Å². The number of carbonyl (C=O) groups is 3. The van der Waals surface area contributed by atoms with E-state index in [0.29, 0.717) is 12.8 Å². The lowest BCUT2D eigenvalue weighted by atomic mass is 10.1. The summed E-state index contributed by atoms with van der Waals surface area (Å²) in [6.45, 7) is 2.20. The fourth-order valence-electron chi connectivity index (χ4n) is 1.36. The highest BCUT2D eigenvalue weighted by atomic mass is 16.5. The molecule has 0 heterocycles. The topological polar surface area (TPSA) is 118 Å². The molecule has 0 fully saturated rings. The van der Waals surface area contributed by atoms with Crippen molar-refractivity contribution in [2.45, 2.75) is 31.9 Å². The molecule has 0 spiro atoms. The molecule has 0 radical (unpaired) electrons. The SMILES string of the molecule is CNCCOC(=O)[C@H](CCC(=O)C=N)NC(=O)[C@@H](C)OC. The number of methoxy groups -OCH3 is 1. The summed E-state index contributed by atoms with van der Waals surface area (Å²) in [4.78, 5) is 34.8. The van der Waals surface area contributed by atoms with E-state index < -0.39 is 29.8 Å². The zero-order valence-corrected chi connectivity index (χ0v) is 12.6. The van der Waals surface area contributed by atoms with E-state index in [9.17, 15) is 14.4 Å². The summed E-state index contributed by atoms with van der Waals surface area (Å²) < 4.78 is 9.86. The lowest BCUT2D eigenvalue weighted by Crippen LogP contribution is -2.46. The number of carbonyl (C=O) groups excluding carboxylic acids is 3. The van der Waals surface area contributed by atoms with Gasteiger partial charge in [-0.2, -0.15) is 0 Å². The van der Waals surface area contributed by atoms with Gasteiger partial charge in [0.2, 0.25) is 5.91 Å². The number of Topliss-reactive ketones (excluding diaryl/α,β-unsaturated/α-hetero) is 1. The van der Waals surface area contributed by atoms with Crippen LogP contribution < -0.4 is 10.6 Å². The first-order valence-electron chi connectivity index (χ1n) is 6.64. The maximum Gasteiger partial charge on any atom is 0.328 e. The van der Waals surface area contributed by atoms with Crippen LogP contribution >= 0.6 is 0 Å². The Bertz CT molecular complexity index is 373. The fourth-order valence-corrected chi connectivity index (χ4v) is 1.36. The van der Waals surface area contributed by atoms with Crippen LogP contribution in [0.3, 0.4) is 0 Å². The Hall–Kier alpha value is -1.80. The number of hydrogen-bond acceptors (Lipinski definition) is 7. The van der Waals surface area contributed by atoms with Crippen molar-refractivity contribution in [3.8, 4) is 0 Å². The molecule has 1 amide bonds. The molecular formula is C13H23N3O5. The quantitative estimate of drug-likeness (QED) is 0.263. The second-order valence-corrected chi connectivity index (χ2v) is 4.36. The highest BCUT2D eigenvalue weighted by molar-refractivity contribution is 6.26. The van der Waals surface area contributed by atoms with E-state index in [-0.39, 0.29) is 19.4 Å². The predicted octanol–water partition coefficient (Wildman–Crippen LogP) is -0.732. The van der Waals surface area contributed by atoms with E-state index in [1.807, 2.05) is 0 Å². The molecule has 0 saturated carbocycles. The van der Waals surface area contributed by atoms with Gasteiger partial charge in [-0.25, -0.2) is 4.79 Å². The number of ketones is 1. The third-order valence-corrected chi connectivity index (χ3v) is 2.76. The number of amides is 1. The lowest BCUT2D eigenvalue weighted by Gasteiger charge is -2.19. The van der Waals surface area contributed by atoms with Crippen LogP contribution in [0.2, 0.25) is 0 Å². The molecule has 0 aromatic heterocycles. The fraction of sp³-hybridized carbons (Fsp3) is 0.692. The van der Waals surface area contributed by atoms with Gasteiger partial charge in [0.05, 0.1) is 6.21 Å². The molecule has 120 valence electrons. The summed E-state index contributed by atoms with van der Waals surface area (Å²) in [6, 6.07) is -0.934. The molecule has 0 aliphatic carbocycles. The second-order valence-electron chi connectivity index (χ2n) is 4.36. The van der Waals surface area contributed by atoms with Gasteiger partial charge in [0.1, 0.15) is 18.8 Å². The number of hydrogen-bond donors (Lipinski definition) is 3. The minimum absolute atomic E-state index is 0.0169. The van der Waals surface area contributed by atoms with Gasteiger partial charge in [-0.05, 0) is 20.4 Å². The third-order valence-electron chi connectivity index (χ3n) is 2.76. The highest BCUT2D eigenvalue weighted by Crippen LogP contribution is 2.02. The Morgan fingerprint density at radius 1 is 1.33 bits per heavy atom. The Balaban J connectivity index is 4.59. The van der Waals surface area contributed by atoms with Crippen LogP contribution in [0.5, 0.6) is 0 Å². The highest BCUT2D eigenvalue weighted by Gasteiger charge is 2.25. The molecule has 0 aromatic rings. The molecule has 3 N–H and O–H groups in total. The van der Waals surface area contributed by atoms with Crippen LogP contribution in [0.1, 0.15) is 19.8 Å². The maximum atomic E-state index is 11.9. The van der Waals surface area contributed by atoms with Crippen molar-refractivity contribution in [2.24, 2.45) is 0 Å². The molecular weight excluding hydrogens is 278 g/mol. The first-order valence-corrected chi connectivity index (χ1v) is 6.64. The van der Waals surface area contributed by atoms with E-state index in [4.69, 9.17) is 14.9 Å². The Morgan fingerprint density at radius 2 is 2.00 bits per heavy atom. The average molecular weight is 301 g/mol. The molecule has 0 saturated heterocycles. The van der Waals surface area contributed by atoms with Crippen LogP contribution in [0.4, 0.5) is 0 Å². The zero-order valence-electron chi connectivity index (χ0n) is 12.6. The first-order chi connectivity index (χ1) is 9.96. The Labute approximate surface area is 124 Å². The van der Waals surface area contributed by atoms with Crippen LogP contribution in [-0.2, 0) is 23.9 Å². The summed E-state index contributed by atoms with van der Waals surface area (Å²) in [5, 5.41) is 12.1. The van der Waals surface area contributed by atoms with Crippen molar-refractivity contribution in [1.29, 1.82) is 5.41 Å². The molecule has 0 aliphatic rings. The predicted molar refractivity (Wildman–Crippen MR) is 76.3 cm³/mol. The summed E-state index contributed by atoms with van der Waals surface area (Å²) >= 11 is 0. The monoisotopic (exact) mass is 301 g/mol. The average Bonchev–Trinajstić information content (AvgIpc) is 2.49. The van der Waals surface area contributed by atoms with Gasteiger partial charge < -0.3 is 25.5 Å². The van der Waals surface area contributed by atoms with E-state index in [1.165, 1.54) is 7.11 Å². The molecule has 0 aliphatic heterocycles. The molecule has 8 nitrogen and oxygen atoms in total. The molecule has 0 rings (SSSR count). The Morgan fingerprint density at radius 3 is 2.52 bits per heavy atom. The number of likely N-dealkylation sites (N-methyl/N-ethyl adjacent to an activating group) is 1. The second kappa shape index (κ2) is 10.9. The van der Waals surface area contributed by atoms with Crippen LogP contribution in [0.15, 0.2) is 0 Å². The minimum atomic E-state index is -0.934. The molecule has 8 heteroatoms. The smallest absolute Gasteiger partial charge is 0.328 e. The zero-order chi connectivity index (χ0) is 16.3. The van der Waals surface area contributed by atoms with Gasteiger partial charge in [-0.1, -0.05) is 0 Å². The lowest BCUT2D eigenvalue weighted by molar-refractivity contribution is -0.149. The normalized spacial score (nSPS) is 13.1. The van der Waals surface area contributed by atoms with Crippen LogP contribution in [-0.4, -0.2) is 63.3 Å². The van der Waals surface area contributed by atoms with Gasteiger partial charge in [0.15, 0.2) is 5.78 Å². The number of ether oxygens (including phenoxy) is 2. The van der Waals surface area contributed by atoms with Gasteiger partial charge in [-0.15, -0.1) is 0 Å². The standard InChI is InChI=1S/C13H23N3O5/c1-9(20-3)12(18)16-11(5-4-10(17)8-14)13(19)21-7-6-15-2/h8-9,11,14-15H,4-7H2,1-3H3,(H,16,18)/t9-,11+/m1/s1. The number of esters is 1. The van der Waals surface area contributed by atoms with Gasteiger partial charge >= 0.3 is 5.97 Å². The van der Waals surface area contributed by atoms with Gasteiger partial charge in [0.25, 0.3) is 0 Å². The van der Waals surface area contributed by atoms with Crippen molar-refractivity contribution in [2.75, 3.05) is 27.3 Å². The van der Waals surface area contributed by atoms with Crippen LogP contribution in [0.25, 0.3) is 0 Å². The van der Waals surface area contributed by atoms with Crippen molar-refractivity contribution in [1.82, 2.24) is 10.6 Å². The largest absolute Gasteiger partial charge is 0.463 e. The maximum absolute atomic E-state index is 11.9.